The third kappa shape index (κ3) is 2.88. The van der Waals surface area contributed by atoms with E-state index in [1.54, 1.807) is 11.3 Å². The van der Waals surface area contributed by atoms with Gasteiger partial charge in [0.05, 0.1) is 15.2 Å². The smallest absolute Gasteiger partial charge is 0.273 e. The standard InChI is InChI=1S/C13H15BrN4OS/c14-9-4-3-8(20-9)5-6-16-13(19)12-10(15)11(17-18-12)7-1-2-7/h3-4,7H,1-2,5-6,15H2,(H,16,19)(H,17,18). The first-order chi connectivity index (χ1) is 9.65. The van der Waals surface area contributed by atoms with Crippen molar-refractivity contribution in [1.29, 1.82) is 0 Å². The van der Waals surface area contributed by atoms with Crippen LogP contribution in [0.5, 0.6) is 0 Å². The molecule has 2 heterocycles. The van der Waals surface area contributed by atoms with E-state index >= 15 is 0 Å². The molecule has 0 aromatic carbocycles. The molecule has 1 fully saturated rings. The maximum Gasteiger partial charge on any atom is 0.273 e. The van der Waals surface area contributed by atoms with E-state index in [-0.39, 0.29) is 5.91 Å². The second kappa shape index (κ2) is 5.57. The number of carbonyl (C=O) groups excluding carboxylic acids is 1. The molecule has 0 unspecified atom stereocenters. The van der Waals surface area contributed by atoms with Crippen molar-refractivity contribution >= 4 is 38.9 Å². The number of hydrogen-bond donors (Lipinski definition) is 3. The normalized spacial score (nSPS) is 14.4. The fourth-order valence-electron chi connectivity index (χ4n) is 2.09. The third-order valence-electron chi connectivity index (χ3n) is 3.32. The van der Waals surface area contributed by atoms with E-state index < -0.39 is 0 Å². The lowest BCUT2D eigenvalue weighted by Crippen LogP contribution is -2.26. The van der Waals surface area contributed by atoms with E-state index in [1.165, 1.54) is 4.88 Å². The highest BCUT2D eigenvalue weighted by Crippen LogP contribution is 2.42. The van der Waals surface area contributed by atoms with Crippen molar-refractivity contribution in [2.24, 2.45) is 0 Å². The van der Waals surface area contributed by atoms with Gasteiger partial charge >= 0.3 is 0 Å². The molecule has 3 rings (SSSR count). The van der Waals surface area contributed by atoms with Gasteiger partial charge in [-0.1, -0.05) is 0 Å². The van der Waals surface area contributed by atoms with Gasteiger partial charge in [0.15, 0.2) is 5.69 Å². The third-order valence-corrected chi connectivity index (χ3v) is 5.00. The average Bonchev–Trinajstić information content (AvgIpc) is 3.07. The molecule has 0 atom stereocenters. The molecule has 20 heavy (non-hydrogen) atoms. The summed E-state index contributed by atoms with van der Waals surface area (Å²) in [5.74, 6) is 0.258. The number of rotatable bonds is 5. The molecule has 2 aromatic rings. The summed E-state index contributed by atoms with van der Waals surface area (Å²) in [4.78, 5) is 13.3. The number of aromatic amines is 1. The second-order valence-corrected chi connectivity index (χ2v) is 7.43. The molecular weight excluding hydrogens is 340 g/mol. The zero-order chi connectivity index (χ0) is 14.1. The Bertz CT molecular complexity index is 632. The Labute approximate surface area is 129 Å². The molecule has 5 nitrogen and oxygen atoms in total. The van der Waals surface area contributed by atoms with E-state index in [9.17, 15) is 4.79 Å². The molecule has 0 bridgehead atoms. The highest BCUT2D eigenvalue weighted by atomic mass is 79.9. The predicted octanol–water partition coefficient (Wildman–Crippen LogP) is 2.67. The molecule has 106 valence electrons. The molecule has 0 spiro atoms. The molecule has 0 saturated heterocycles. The van der Waals surface area contributed by atoms with E-state index in [1.807, 2.05) is 6.07 Å². The SMILES string of the molecule is Nc1c(C(=O)NCCc2ccc(Br)s2)n[nH]c1C1CC1. The Hall–Kier alpha value is -1.34. The summed E-state index contributed by atoms with van der Waals surface area (Å²) >= 11 is 5.10. The van der Waals surface area contributed by atoms with Crippen LogP contribution >= 0.6 is 27.3 Å². The summed E-state index contributed by atoms with van der Waals surface area (Å²) in [5, 5.41) is 9.79. The van der Waals surface area contributed by atoms with Gasteiger partial charge in [-0.2, -0.15) is 5.10 Å². The van der Waals surface area contributed by atoms with E-state index in [0.717, 1.165) is 28.7 Å². The zero-order valence-corrected chi connectivity index (χ0v) is 13.2. The molecule has 1 saturated carbocycles. The monoisotopic (exact) mass is 354 g/mol. The molecule has 0 radical (unpaired) electrons. The summed E-state index contributed by atoms with van der Waals surface area (Å²) in [7, 11) is 0. The molecule has 0 aliphatic heterocycles. The molecule has 1 aliphatic carbocycles. The highest BCUT2D eigenvalue weighted by Gasteiger charge is 2.30. The van der Waals surface area contributed by atoms with Crippen LogP contribution < -0.4 is 11.1 Å². The fraction of sp³-hybridized carbons (Fsp3) is 0.385. The number of nitrogen functional groups attached to an aromatic ring is 1. The quantitative estimate of drug-likeness (QED) is 0.771. The van der Waals surface area contributed by atoms with Crippen molar-refractivity contribution in [3.63, 3.8) is 0 Å². The van der Waals surface area contributed by atoms with Crippen molar-refractivity contribution in [2.75, 3.05) is 12.3 Å². The number of amides is 1. The molecular formula is C13H15BrN4OS. The van der Waals surface area contributed by atoms with Crippen molar-refractivity contribution in [2.45, 2.75) is 25.2 Å². The first-order valence-electron chi connectivity index (χ1n) is 6.51. The topological polar surface area (TPSA) is 83.8 Å². The van der Waals surface area contributed by atoms with Crippen molar-refractivity contribution in [3.8, 4) is 0 Å². The Morgan fingerprint density at radius 2 is 2.35 bits per heavy atom. The minimum Gasteiger partial charge on any atom is -0.395 e. The van der Waals surface area contributed by atoms with Crippen LogP contribution in [0.3, 0.4) is 0 Å². The number of carbonyl (C=O) groups is 1. The van der Waals surface area contributed by atoms with Gasteiger partial charge in [-0.05, 0) is 47.3 Å². The number of thiophene rings is 1. The number of nitrogens with one attached hydrogen (secondary N) is 2. The van der Waals surface area contributed by atoms with Crippen LogP contribution in [0.15, 0.2) is 15.9 Å². The lowest BCUT2D eigenvalue weighted by Gasteiger charge is -2.02. The van der Waals surface area contributed by atoms with Crippen molar-refractivity contribution < 1.29 is 4.79 Å². The minimum atomic E-state index is -0.207. The van der Waals surface area contributed by atoms with Crippen LogP contribution in [-0.4, -0.2) is 22.6 Å². The largest absolute Gasteiger partial charge is 0.395 e. The van der Waals surface area contributed by atoms with Gasteiger partial charge in [-0.25, -0.2) is 0 Å². The van der Waals surface area contributed by atoms with E-state index in [0.29, 0.717) is 23.8 Å². The molecule has 2 aromatic heterocycles. The van der Waals surface area contributed by atoms with Crippen molar-refractivity contribution in [3.05, 3.63) is 32.2 Å². The van der Waals surface area contributed by atoms with Crippen LogP contribution in [0.4, 0.5) is 5.69 Å². The number of hydrogen-bond acceptors (Lipinski definition) is 4. The molecule has 1 aliphatic rings. The first kappa shape index (κ1) is 13.6. The number of aromatic nitrogens is 2. The second-order valence-electron chi connectivity index (χ2n) is 4.89. The van der Waals surface area contributed by atoms with Gasteiger partial charge in [0.25, 0.3) is 5.91 Å². The van der Waals surface area contributed by atoms with Crippen LogP contribution in [0.2, 0.25) is 0 Å². The number of anilines is 1. The number of H-pyrrole nitrogens is 1. The predicted molar refractivity (Wildman–Crippen MR) is 83.0 cm³/mol. The summed E-state index contributed by atoms with van der Waals surface area (Å²) in [5.41, 5.74) is 7.71. The van der Waals surface area contributed by atoms with Crippen LogP contribution in [0, 0.1) is 0 Å². The van der Waals surface area contributed by atoms with Gasteiger partial charge in [0, 0.05) is 17.3 Å². The van der Waals surface area contributed by atoms with Crippen molar-refractivity contribution in [1.82, 2.24) is 15.5 Å². The Balaban J connectivity index is 1.56. The lowest BCUT2D eigenvalue weighted by atomic mass is 10.2. The maximum atomic E-state index is 12.0. The number of halogens is 1. The summed E-state index contributed by atoms with van der Waals surface area (Å²) in [6.45, 7) is 0.580. The number of nitrogens with zero attached hydrogens (tertiary/aromatic N) is 1. The Morgan fingerprint density at radius 1 is 1.55 bits per heavy atom. The lowest BCUT2D eigenvalue weighted by molar-refractivity contribution is 0.0950. The van der Waals surface area contributed by atoms with Gasteiger partial charge in [0.1, 0.15) is 0 Å². The molecule has 7 heteroatoms. The number of nitrogens with two attached hydrogens (primary N) is 1. The van der Waals surface area contributed by atoms with Gasteiger partial charge in [-0.3, -0.25) is 9.89 Å². The van der Waals surface area contributed by atoms with Crippen LogP contribution in [-0.2, 0) is 6.42 Å². The van der Waals surface area contributed by atoms with E-state index in [2.05, 4.69) is 37.5 Å². The molecule has 4 N–H and O–H groups in total. The van der Waals surface area contributed by atoms with Gasteiger partial charge < -0.3 is 11.1 Å². The summed E-state index contributed by atoms with van der Waals surface area (Å²) < 4.78 is 1.10. The van der Waals surface area contributed by atoms with Gasteiger partial charge in [0.2, 0.25) is 0 Å². The Morgan fingerprint density at radius 3 is 3.00 bits per heavy atom. The van der Waals surface area contributed by atoms with Crippen LogP contribution in [0.25, 0.3) is 0 Å². The maximum absolute atomic E-state index is 12.0. The zero-order valence-electron chi connectivity index (χ0n) is 10.8. The Kier molecular flexibility index (Phi) is 3.80. The van der Waals surface area contributed by atoms with E-state index in [4.69, 9.17) is 5.73 Å². The highest BCUT2D eigenvalue weighted by molar-refractivity contribution is 9.11. The molecule has 1 amide bonds. The average molecular weight is 355 g/mol. The van der Waals surface area contributed by atoms with Crippen LogP contribution in [0.1, 0.15) is 39.8 Å². The summed E-state index contributed by atoms with van der Waals surface area (Å²) in [6.07, 6.45) is 3.06. The van der Waals surface area contributed by atoms with Gasteiger partial charge in [-0.15, -0.1) is 11.3 Å². The fourth-order valence-corrected chi connectivity index (χ4v) is 3.57. The minimum absolute atomic E-state index is 0.207. The summed E-state index contributed by atoms with van der Waals surface area (Å²) in [6, 6.07) is 4.06. The first-order valence-corrected chi connectivity index (χ1v) is 8.12.